The number of ether oxygens (including phenoxy) is 4. The minimum Gasteiger partial charge on any atom is -0.481 e. The highest BCUT2D eigenvalue weighted by atomic mass is 16.5. The van der Waals surface area contributed by atoms with Crippen LogP contribution >= 0.6 is 0 Å². The van der Waals surface area contributed by atoms with Crippen LogP contribution in [-0.2, 0) is 68.5 Å². The smallest absolute Gasteiger partial charge is 0.306 e. The maximum atomic E-state index is 13.7. The summed E-state index contributed by atoms with van der Waals surface area (Å²) in [5.74, 6) is -5.87. The lowest BCUT2D eigenvalue weighted by Gasteiger charge is -2.32. The van der Waals surface area contributed by atoms with Gasteiger partial charge in [0.15, 0.2) is 5.78 Å². The van der Waals surface area contributed by atoms with Crippen molar-refractivity contribution in [2.45, 2.75) is 194 Å². The second kappa shape index (κ2) is 43.1. The molecule has 0 spiro atoms. The Labute approximate surface area is 451 Å². The Morgan fingerprint density at radius 3 is 1.83 bits per heavy atom. The van der Waals surface area contributed by atoms with E-state index in [0.717, 1.165) is 25.7 Å². The van der Waals surface area contributed by atoms with E-state index in [9.17, 15) is 48.3 Å². The normalized spacial score (nSPS) is 13.0. The number of H-pyrrole nitrogens is 1. The highest BCUT2D eigenvalue weighted by molar-refractivity contribution is 5.98. The fourth-order valence-corrected chi connectivity index (χ4v) is 8.49. The number of Topliss-reactive ketones (excluding diaryl/α,β-unsaturated/α-hetero) is 4. The van der Waals surface area contributed by atoms with E-state index in [1.807, 2.05) is 0 Å². The lowest BCUT2D eigenvalue weighted by atomic mass is 9.76. The number of carboxylic acids is 1. The van der Waals surface area contributed by atoms with E-state index in [1.54, 1.807) is 27.0 Å². The molecule has 0 saturated carbocycles. The zero-order chi connectivity index (χ0) is 56.4. The number of aliphatic carboxylic acids is 1. The number of carbonyl (C=O) groups is 9. The molecule has 4 atom stereocenters. The van der Waals surface area contributed by atoms with Crippen LogP contribution in [0.15, 0.2) is 12.5 Å². The van der Waals surface area contributed by atoms with Crippen LogP contribution in [-0.4, -0.2) is 145 Å². The molecule has 8 N–H and O–H groups in total. The number of nitrogens with zero attached hydrogens (tertiary/aromatic N) is 1. The summed E-state index contributed by atoms with van der Waals surface area (Å²) in [7, 11) is 0. The Bertz CT molecular complexity index is 1830. The van der Waals surface area contributed by atoms with Gasteiger partial charge in [0, 0.05) is 75.3 Å². The minimum atomic E-state index is -1.32. The molecular weight excluding hydrogens is 983 g/mol. The molecule has 1 rings (SSSR count). The van der Waals surface area contributed by atoms with Crippen LogP contribution in [0.5, 0.6) is 0 Å². The van der Waals surface area contributed by atoms with E-state index >= 15 is 0 Å². The molecule has 4 amide bonds. The van der Waals surface area contributed by atoms with Gasteiger partial charge in [-0.3, -0.25) is 38.4 Å². The van der Waals surface area contributed by atoms with E-state index in [-0.39, 0.29) is 133 Å². The van der Waals surface area contributed by atoms with Gasteiger partial charge in [0.25, 0.3) is 0 Å². The van der Waals surface area contributed by atoms with Gasteiger partial charge < -0.3 is 60.8 Å². The zero-order valence-corrected chi connectivity index (χ0v) is 46.6. The molecule has 0 fully saturated rings. The van der Waals surface area contributed by atoms with Crippen LogP contribution in [0.4, 0.5) is 0 Å². The summed E-state index contributed by atoms with van der Waals surface area (Å²) in [4.78, 5) is 119. The van der Waals surface area contributed by atoms with Gasteiger partial charge >= 0.3 is 5.97 Å². The molecule has 0 radical (unpaired) electrons. The van der Waals surface area contributed by atoms with Crippen molar-refractivity contribution in [2.24, 2.45) is 23.5 Å². The van der Waals surface area contributed by atoms with Gasteiger partial charge in [0.1, 0.15) is 37.3 Å². The standard InChI is InChI=1S/C55H95N7O14/c1-6-7-8-9-10-11-12-13-14-15-16-17-18-21-45(64)34-43(54(71)72)24-26-49(66)61-40-76-33-32-75-38-51(68)59-28-29-73-30-31-74-37-50(67)58-27-20-19-22-46(48(65)25-23-41(2)63)42(3)52(69)55(4,5)62-53(70)47(56)35-44-36-57-39-60-44/h36,39,42-43,46-47H,6-35,37-38,40,56H2,1-5H3,(H,57,60)(H,58,67)(H,59,68)(H,61,66)(H,62,70)(H,71,72)/t42?,43?,46-,47+/m1/s1. The number of unbranched alkanes of at least 4 members (excludes halogenated alkanes) is 13. The summed E-state index contributed by atoms with van der Waals surface area (Å²) in [6, 6.07) is -0.932. The number of aromatic nitrogens is 2. The van der Waals surface area contributed by atoms with Gasteiger partial charge in [0.05, 0.1) is 56.9 Å². The van der Waals surface area contributed by atoms with Crippen LogP contribution < -0.4 is 27.0 Å². The predicted molar refractivity (Wildman–Crippen MR) is 287 cm³/mol. The number of hydrogen-bond acceptors (Lipinski definition) is 15. The van der Waals surface area contributed by atoms with Crippen LogP contribution in [0.3, 0.4) is 0 Å². The Morgan fingerprint density at radius 2 is 1.25 bits per heavy atom. The van der Waals surface area contributed by atoms with E-state index in [4.69, 9.17) is 24.7 Å². The van der Waals surface area contributed by atoms with Gasteiger partial charge in [-0.1, -0.05) is 97.3 Å². The first-order valence-corrected chi connectivity index (χ1v) is 27.8. The fourth-order valence-electron chi connectivity index (χ4n) is 8.49. The van der Waals surface area contributed by atoms with Crippen molar-refractivity contribution in [3.8, 4) is 0 Å². The number of imidazole rings is 1. The van der Waals surface area contributed by atoms with E-state index < -0.39 is 47.1 Å². The van der Waals surface area contributed by atoms with Gasteiger partial charge in [-0.05, 0) is 46.5 Å². The van der Waals surface area contributed by atoms with Crippen molar-refractivity contribution < 1.29 is 67.2 Å². The van der Waals surface area contributed by atoms with Gasteiger partial charge in [-0.2, -0.15) is 0 Å². The molecular formula is C55H95N7O14. The maximum absolute atomic E-state index is 13.7. The molecule has 0 aliphatic heterocycles. The second-order valence-electron chi connectivity index (χ2n) is 20.3. The van der Waals surface area contributed by atoms with Gasteiger partial charge in [0.2, 0.25) is 23.6 Å². The van der Waals surface area contributed by atoms with Gasteiger partial charge in [-0.15, -0.1) is 0 Å². The number of rotatable bonds is 51. The Balaban J connectivity index is 2.14. The number of ketones is 4. The summed E-state index contributed by atoms with van der Waals surface area (Å²) in [6.45, 7) is 9.12. The van der Waals surface area contributed by atoms with Crippen molar-refractivity contribution in [1.29, 1.82) is 0 Å². The van der Waals surface area contributed by atoms with Crippen molar-refractivity contribution in [3.63, 3.8) is 0 Å². The molecule has 0 aliphatic rings. The third-order valence-electron chi connectivity index (χ3n) is 13.1. The summed E-state index contributed by atoms with van der Waals surface area (Å²) in [5, 5.41) is 20.3. The molecule has 434 valence electrons. The number of carboxylic acid groups (broad SMARTS) is 1. The Morgan fingerprint density at radius 1 is 0.671 bits per heavy atom. The quantitative estimate of drug-likeness (QED) is 0.0317. The van der Waals surface area contributed by atoms with Crippen molar-refractivity contribution in [2.75, 3.05) is 66.1 Å². The summed E-state index contributed by atoms with van der Waals surface area (Å²) in [5.41, 5.74) is 5.42. The molecule has 0 saturated heterocycles. The largest absolute Gasteiger partial charge is 0.481 e. The average molecular weight is 1080 g/mol. The summed E-state index contributed by atoms with van der Waals surface area (Å²) < 4.78 is 21.4. The lowest BCUT2D eigenvalue weighted by molar-refractivity contribution is -0.144. The molecule has 1 aromatic rings. The number of nitrogens with one attached hydrogen (secondary N) is 5. The lowest BCUT2D eigenvalue weighted by Crippen LogP contribution is -2.57. The molecule has 1 heterocycles. The number of hydrogen-bond donors (Lipinski definition) is 7. The third kappa shape index (κ3) is 35.4. The van der Waals surface area contributed by atoms with Crippen molar-refractivity contribution in [3.05, 3.63) is 18.2 Å². The third-order valence-corrected chi connectivity index (χ3v) is 13.1. The SMILES string of the molecule is CCCCCCCCCCCCCCCC(=O)CC(CCC(=O)NCOCCOCC(=O)NCCOCCOCC(=O)NCCCC[C@@H](C(=O)CCC(C)=O)C(C)C(=O)C(C)(C)NC(=O)[C@@H](N)Cc1cnc[nH]1)C(=O)O. The molecule has 0 bridgehead atoms. The zero-order valence-electron chi connectivity index (χ0n) is 46.6. The first kappa shape index (κ1) is 69.1. The average Bonchev–Trinajstić information content (AvgIpc) is 3.89. The monoisotopic (exact) mass is 1080 g/mol. The van der Waals surface area contributed by atoms with E-state index in [1.165, 1.54) is 71.0 Å². The number of aromatic amines is 1. The maximum Gasteiger partial charge on any atom is 0.306 e. The fraction of sp³-hybridized carbons (Fsp3) is 0.782. The molecule has 76 heavy (non-hydrogen) atoms. The highest BCUT2D eigenvalue weighted by Gasteiger charge is 2.39. The molecule has 1 aromatic heterocycles. The van der Waals surface area contributed by atoms with Crippen LogP contribution in [0.1, 0.15) is 182 Å². The highest BCUT2D eigenvalue weighted by Crippen LogP contribution is 2.27. The first-order valence-electron chi connectivity index (χ1n) is 27.8. The second-order valence-corrected chi connectivity index (χ2v) is 20.3. The Hall–Kier alpha value is -4.96. The first-order chi connectivity index (χ1) is 36.4. The number of carbonyl (C=O) groups excluding carboxylic acids is 8. The molecule has 0 aliphatic carbocycles. The van der Waals surface area contributed by atoms with Gasteiger partial charge in [-0.25, -0.2) is 4.98 Å². The minimum absolute atomic E-state index is 0.000725. The topological polar surface area (TPSA) is 314 Å². The van der Waals surface area contributed by atoms with E-state index in [0.29, 0.717) is 37.9 Å². The van der Waals surface area contributed by atoms with Crippen LogP contribution in [0, 0.1) is 17.8 Å². The molecule has 0 aromatic carbocycles. The van der Waals surface area contributed by atoms with Crippen molar-refractivity contribution in [1.82, 2.24) is 31.2 Å². The van der Waals surface area contributed by atoms with Crippen molar-refractivity contribution >= 4 is 52.7 Å². The number of amides is 4. The molecule has 21 heteroatoms. The number of nitrogens with two attached hydrogens (primary N) is 1. The predicted octanol–water partition coefficient (Wildman–Crippen LogP) is 5.40. The molecule has 21 nitrogen and oxygen atoms in total. The van der Waals surface area contributed by atoms with Crippen LogP contribution in [0.25, 0.3) is 0 Å². The summed E-state index contributed by atoms with van der Waals surface area (Å²) >= 11 is 0. The van der Waals surface area contributed by atoms with E-state index in [2.05, 4.69) is 38.2 Å². The van der Waals surface area contributed by atoms with Crippen LogP contribution in [0.2, 0.25) is 0 Å². The summed E-state index contributed by atoms with van der Waals surface area (Å²) in [6.07, 6.45) is 20.6. The Kier molecular flexibility index (Phi) is 39.1. The molecule has 2 unspecified atom stereocenters.